The van der Waals surface area contributed by atoms with Crippen molar-refractivity contribution in [2.75, 3.05) is 0 Å². The van der Waals surface area contributed by atoms with Crippen LogP contribution in [0.2, 0.25) is 0 Å². The van der Waals surface area contributed by atoms with E-state index in [2.05, 4.69) is 28.1 Å². The van der Waals surface area contributed by atoms with Gasteiger partial charge in [-0.25, -0.2) is 0 Å². The smallest absolute Gasteiger partial charge is 0.229 e. The van der Waals surface area contributed by atoms with E-state index in [9.17, 15) is 15.0 Å². The third-order valence-electron chi connectivity index (χ3n) is 5.67. The second-order valence-corrected chi connectivity index (χ2v) is 8.04. The summed E-state index contributed by atoms with van der Waals surface area (Å²) in [6.07, 6.45) is 1.96. The van der Waals surface area contributed by atoms with Crippen LogP contribution in [0.15, 0.2) is 103 Å². The monoisotopic (exact) mass is 449 g/mol. The Morgan fingerprint density at radius 1 is 0.794 bits per heavy atom. The molecule has 1 aliphatic heterocycles. The lowest BCUT2D eigenvalue weighted by atomic mass is 10.0. The average molecular weight is 450 g/mol. The largest absolute Gasteiger partial charge is 0.508 e. The van der Waals surface area contributed by atoms with Gasteiger partial charge in [0.05, 0.1) is 17.8 Å². The maximum absolute atomic E-state index is 12.9. The highest BCUT2D eigenvalue weighted by Gasteiger charge is 2.20. The number of amides is 1. The molecule has 6 nitrogen and oxygen atoms in total. The van der Waals surface area contributed by atoms with Crippen molar-refractivity contribution < 1.29 is 15.0 Å². The van der Waals surface area contributed by atoms with E-state index in [0.717, 1.165) is 38.9 Å². The lowest BCUT2D eigenvalue weighted by molar-refractivity contribution is -0.119. The molecule has 34 heavy (non-hydrogen) atoms. The molecule has 0 saturated carbocycles. The van der Waals surface area contributed by atoms with E-state index in [1.807, 2.05) is 42.5 Å². The summed E-state index contributed by atoms with van der Waals surface area (Å²) in [6, 6.07) is 27.6. The quantitative estimate of drug-likeness (QED) is 0.311. The van der Waals surface area contributed by atoms with Gasteiger partial charge in [0.15, 0.2) is 0 Å². The molecule has 1 heterocycles. The van der Waals surface area contributed by atoms with Crippen LogP contribution in [0.3, 0.4) is 0 Å². The van der Waals surface area contributed by atoms with Crippen molar-refractivity contribution in [3.63, 3.8) is 0 Å². The van der Waals surface area contributed by atoms with Gasteiger partial charge in [0, 0.05) is 11.8 Å². The van der Waals surface area contributed by atoms with Crippen LogP contribution < -0.4 is 16.0 Å². The molecule has 0 fully saturated rings. The Balaban J connectivity index is 1.50. The summed E-state index contributed by atoms with van der Waals surface area (Å²) in [5.74, 6) is 0.715. The summed E-state index contributed by atoms with van der Waals surface area (Å²) in [6.45, 7) is 0. The molecule has 4 aromatic carbocycles. The molecule has 0 spiro atoms. The fourth-order valence-corrected chi connectivity index (χ4v) is 3.97. The maximum Gasteiger partial charge on any atom is 0.229 e. The first-order valence-corrected chi connectivity index (χ1v) is 10.9. The van der Waals surface area contributed by atoms with Gasteiger partial charge >= 0.3 is 0 Å². The average Bonchev–Trinajstić information content (AvgIpc) is 2.86. The Morgan fingerprint density at radius 3 is 2.24 bits per heavy atom. The minimum absolute atomic E-state index is 0.162. The molecule has 5 N–H and O–H groups in total. The van der Waals surface area contributed by atoms with Gasteiger partial charge < -0.3 is 26.2 Å². The SMILES string of the molecule is O=C(Cc1ccc(O)cc1)NC1=C(c2cccc3ccccc23)NC(c2ccc(O)cc2)=CN1. The van der Waals surface area contributed by atoms with E-state index in [-0.39, 0.29) is 23.8 Å². The Bertz CT molecular complexity index is 1420. The third-order valence-corrected chi connectivity index (χ3v) is 5.67. The second kappa shape index (κ2) is 9.03. The molecule has 0 atom stereocenters. The summed E-state index contributed by atoms with van der Waals surface area (Å²) < 4.78 is 0. The number of nitrogens with one attached hydrogen (secondary N) is 3. The van der Waals surface area contributed by atoms with E-state index in [1.165, 1.54) is 0 Å². The van der Waals surface area contributed by atoms with E-state index >= 15 is 0 Å². The van der Waals surface area contributed by atoms with E-state index < -0.39 is 0 Å². The minimum atomic E-state index is -0.186. The van der Waals surface area contributed by atoms with Gasteiger partial charge in [0.25, 0.3) is 0 Å². The van der Waals surface area contributed by atoms with Gasteiger partial charge in [-0.15, -0.1) is 0 Å². The highest BCUT2D eigenvalue weighted by molar-refractivity contribution is 5.97. The van der Waals surface area contributed by atoms with Crippen molar-refractivity contribution in [1.29, 1.82) is 0 Å². The van der Waals surface area contributed by atoms with Crippen LogP contribution in [0.5, 0.6) is 11.5 Å². The number of benzene rings is 4. The highest BCUT2D eigenvalue weighted by Crippen LogP contribution is 2.29. The minimum Gasteiger partial charge on any atom is -0.508 e. The van der Waals surface area contributed by atoms with Crippen molar-refractivity contribution in [2.24, 2.45) is 0 Å². The Labute approximate surface area is 196 Å². The molecular weight excluding hydrogens is 426 g/mol. The number of hydrogen-bond donors (Lipinski definition) is 5. The number of aromatic hydroxyl groups is 2. The first-order valence-electron chi connectivity index (χ1n) is 10.9. The number of phenols is 2. The van der Waals surface area contributed by atoms with Crippen molar-refractivity contribution >= 4 is 28.1 Å². The molecule has 0 radical (unpaired) electrons. The van der Waals surface area contributed by atoms with Crippen LogP contribution in [-0.4, -0.2) is 16.1 Å². The van der Waals surface area contributed by atoms with Crippen molar-refractivity contribution in [3.05, 3.63) is 120 Å². The Hall–Kier alpha value is -4.71. The van der Waals surface area contributed by atoms with Crippen LogP contribution in [0, 0.1) is 0 Å². The molecule has 6 heteroatoms. The van der Waals surface area contributed by atoms with E-state index in [0.29, 0.717) is 5.82 Å². The predicted octanol–water partition coefficient (Wildman–Crippen LogP) is 4.43. The van der Waals surface area contributed by atoms with Gasteiger partial charge in [-0.05, 0) is 58.3 Å². The first kappa shape index (κ1) is 21.2. The van der Waals surface area contributed by atoms with Crippen molar-refractivity contribution in [3.8, 4) is 11.5 Å². The Morgan fingerprint density at radius 2 is 1.47 bits per heavy atom. The number of carbonyl (C=O) groups is 1. The summed E-state index contributed by atoms with van der Waals surface area (Å²) in [7, 11) is 0. The number of hydrogen-bond acceptors (Lipinski definition) is 5. The molecule has 168 valence electrons. The Kier molecular flexibility index (Phi) is 5.62. The van der Waals surface area contributed by atoms with Crippen LogP contribution in [0.25, 0.3) is 22.2 Å². The first-order chi connectivity index (χ1) is 16.6. The van der Waals surface area contributed by atoms with Crippen LogP contribution in [-0.2, 0) is 11.2 Å². The van der Waals surface area contributed by atoms with Gasteiger partial charge in [0.2, 0.25) is 5.91 Å². The predicted molar refractivity (Wildman–Crippen MR) is 133 cm³/mol. The zero-order chi connectivity index (χ0) is 23.5. The van der Waals surface area contributed by atoms with E-state index in [4.69, 9.17) is 0 Å². The molecule has 4 aromatic rings. The van der Waals surface area contributed by atoms with Gasteiger partial charge in [-0.2, -0.15) is 0 Å². The maximum atomic E-state index is 12.9. The summed E-state index contributed by atoms with van der Waals surface area (Å²) in [5.41, 5.74) is 4.17. The van der Waals surface area contributed by atoms with Crippen LogP contribution >= 0.6 is 0 Å². The molecule has 0 unspecified atom stereocenters. The van der Waals surface area contributed by atoms with Crippen molar-refractivity contribution in [2.45, 2.75) is 6.42 Å². The molecule has 1 amide bonds. The lowest BCUT2D eigenvalue weighted by Gasteiger charge is -2.25. The number of fused-ring (bicyclic) bond motifs is 1. The summed E-state index contributed by atoms with van der Waals surface area (Å²) in [5, 5.41) is 31.0. The fraction of sp³-hybridized carbons (Fsp3) is 0.0357. The van der Waals surface area contributed by atoms with Gasteiger partial charge in [-0.3, -0.25) is 4.79 Å². The summed E-state index contributed by atoms with van der Waals surface area (Å²) in [4.78, 5) is 12.9. The van der Waals surface area contributed by atoms with Gasteiger partial charge in [0.1, 0.15) is 17.3 Å². The van der Waals surface area contributed by atoms with Crippen LogP contribution in [0.4, 0.5) is 0 Å². The zero-order valence-electron chi connectivity index (χ0n) is 18.2. The standard InChI is InChI=1S/C28H23N3O3/c32-21-12-8-18(9-13-21)16-26(34)31-28-27(24-7-3-5-19-4-1-2-6-23(19)24)30-25(17-29-28)20-10-14-22(33)15-11-20/h1-15,17,29-30,32-33H,16H2,(H,31,34). The topological polar surface area (TPSA) is 93.6 Å². The number of rotatable bonds is 5. The molecule has 5 rings (SSSR count). The molecular formula is C28H23N3O3. The molecule has 0 aromatic heterocycles. The number of phenolic OH excluding ortho intramolecular Hbond substituents is 2. The van der Waals surface area contributed by atoms with E-state index in [1.54, 1.807) is 42.6 Å². The van der Waals surface area contributed by atoms with Crippen molar-refractivity contribution in [1.82, 2.24) is 16.0 Å². The fourth-order valence-electron chi connectivity index (χ4n) is 3.97. The number of carbonyl (C=O) groups excluding carboxylic acids is 1. The highest BCUT2D eigenvalue weighted by atomic mass is 16.3. The molecule has 1 aliphatic rings. The second-order valence-electron chi connectivity index (χ2n) is 8.04. The lowest BCUT2D eigenvalue weighted by Crippen LogP contribution is -2.36. The van der Waals surface area contributed by atoms with Crippen LogP contribution in [0.1, 0.15) is 16.7 Å². The molecule has 0 aliphatic carbocycles. The molecule has 0 bridgehead atoms. The third kappa shape index (κ3) is 4.42. The zero-order valence-corrected chi connectivity index (χ0v) is 18.2. The molecule has 0 saturated heterocycles. The van der Waals surface area contributed by atoms with Gasteiger partial charge in [-0.1, -0.05) is 54.6 Å². The summed E-state index contributed by atoms with van der Waals surface area (Å²) >= 11 is 0. The normalized spacial score (nSPS) is 13.1.